The molecule has 0 heterocycles. The predicted molar refractivity (Wildman–Crippen MR) is 121 cm³/mol. The highest BCUT2D eigenvalue weighted by Gasteiger charge is 2.20. The average Bonchev–Trinajstić information content (AvgIpc) is 2.67. The van der Waals surface area contributed by atoms with Crippen molar-refractivity contribution in [2.24, 2.45) is 0 Å². The van der Waals surface area contributed by atoms with Crippen molar-refractivity contribution in [2.75, 3.05) is 20.5 Å². The van der Waals surface area contributed by atoms with Crippen molar-refractivity contribution < 1.29 is 23.7 Å². The summed E-state index contributed by atoms with van der Waals surface area (Å²) in [7, 11) is 1.59. The fraction of sp³-hybridized carbons (Fsp3) is 0.480. The molecule has 0 bridgehead atoms. The van der Waals surface area contributed by atoms with E-state index >= 15 is 0 Å². The Labute approximate surface area is 181 Å². The third-order valence-electron chi connectivity index (χ3n) is 4.43. The zero-order valence-electron chi connectivity index (χ0n) is 19.6. The first kappa shape index (κ1) is 25.7. The van der Waals surface area contributed by atoms with Gasteiger partial charge in [-0.2, -0.15) is 0 Å². The molecule has 1 aromatic rings. The van der Waals surface area contributed by atoms with Crippen LogP contribution in [-0.2, 0) is 24.4 Å². The maximum atomic E-state index is 11.5. The molecule has 0 aliphatic rings. The second kappa shape index (κ2) is 12.4. The first-order valence-corrected chi connectivity index (χ1v) is 10.2. The van der Waals surface area contributed by atoms with Crippen molar-refractivity contribution >= 4 is 11.5 Å². The Hall–Kier alpha value is -2.37. The summed E-state index contributed by atoms with van der Waals surface area (Å²) in [5.74, 6) is 0.473. The van der Waals surface area contributed by atoms with E-state index in [1.165, 1.54) is 6.08 Å². The number of allylic oxidation sites excluding steroid dienone is 5. The highest BCUT2D eigenvalue weighted by atomic mass is 16.7. The normalized spacial score (nSPS) is 14.1. The van der Waals surface area contributed by atoms with Crippen molar-refractivity contribution in [3.63, 3.8) is 0 Å². The van der Waals surface area contributed by atoms with Crippen LogP contribution in [-0.4, -0.2) is 32.8 Å². The van der Waals surface area contributed by atoms with Gasteiger partial charge in [-0.15, -0.1) is 0 Å². The van der Waals surface area contributed by atoms with Crippen molar-refractivity contribution in [1.82, 2.24) is 0 Å². The number of methoxy groups -OCH3 is 1. The van der Waals surface area contributed by atoms with E-state index in [-0.39, 0.29) is 24.5 Å². The van der Waals surface area contributed by atoms with Gasteiger partial charge < -0.3 is 18.9 Å². The molecule has 0 N–H and O–H groups in total. The second-order valence-corrected chi connectivity index (χ2v) is 8.04. The van der Waals surface area contributed by atoms with Crippen molar-refractivity contribution in [2.45, 2.75) is 60.2 Å². The number of hydrogen-bond acceptors (Lipinski definition) is 5. The number of benzene rings is 1. The topological polar surface area (TPSA) is 54.0 Å². The zero-order chi connectivity index (χ0) is 22.7. The zero-order valence-corrected chi connectivity index (χ0v) is 19.6. The maximum Gasteiger partial charge on any atom is 0.330 e. The van der Waals surface area contributed by atoms with Crippen LogP contribution in [0.15, 0.2) is 48.1 Å². The van der Waals surface area contributed by atoms with Crippen molar-refractivity contribution in [3.05, 3.63) is 59.2 Å². The van der Waals surface area contributed by atoms with Crippen LogP contribution in [0.25, 0.3) is 5.57 Å². The smallest absolute Gasteiger partial charge is 0.330 e. The number of carbonyl (C=O) groups excluding carboxylic acids is 1. The number of rotatable bonds is 10. The van der Waals surface area contributed by atoms with Gasteiger partial charge in [-0.05, 0) is 62.0 Å². The molecule has 0 fully saturated rings. The minimum Gasteiger partial charge on any atom is -0.467 e. The summed E-state index contributed by atoms with van der Waals surface area (Å²) in [5.41, 5.74) is 4.06. The number of hydrogen-bond donors (Lipinski definition) is 0. The molecule has 0 amide bonds. The van der Waals surface area contributed by atoms with Gasteiger partial charge in [0.15, 0.2) is 13.1 Å². The lowest BCUT2D eigenvalue weighted by Crippen LogP contribution is -2.18. The molecule has 1 rings (SSSR count). The van der Waals surface area contributed by atoms with Crippen LogP contribution in [0.4, 0.5) is 0 Å². The second-order valence-electron chi connectivity index (χ2n) is 8.04. The van der Waals surface area contributed by atoms with Gasteiger partial charge in [0.2, 0.25) is 0 Å². The first-order valence-electron chi connectivity index (χ1n) is 10.2. The summed E-state index contributed by atoms with van der Waals surface area (Å²) < 4.78 is 21.3. The molecule has 0 spiro atoms. The lowest BCUT2D eigenvalue weighted by Gasteiger charge is -2.24. The molecule has 1 atom stereocenters. The van der Waals surface area contributed by atoms with E-state index in [1.807, 2.05) is 44.2 Å². The quantitative estimate of drug-likeness (QED) is 0.209. The molecular weight excluding hydrogens is 380 g/mol. The minimum atomic E-state index is -0.324. The highest BCUT2D eigenvalue weighted by molar-refractivity contribution is 5.83. The molecule has 5 nitrogen and oxygen atoms in total. The van der Waals surface area contributed by atoms with Gasteiger partial charge in [-0.1, -0.05) is 45.1 Å². The average molecular weight is 417 g/mol. The largest absolute Gasteiger partial charge is 0.467 e. The van der Waals surface area contributed by atoms with Crippen molar-refractivity contribution in [3.8, 4) is 5.75 Å². The first-order chi connectivity index (χ1) is 14.1. The van der Waals surface area contributed by atoms with E-state index in [1.54, 1.807) is 14.0 Å². The Morgan fingerprint density at radius 2 is 1.90 bits per heavy atom. The Kier molecular flexibility index (Phi) is 10.6. The van der Waals surface area contributed by atoms with E-state index in [0.29, 0.717) is 6.61 Å². The molecule has 166 valence electrons. The molecule has 0 saturated heterocycles. The number of esters is 1. The summed E-state index contributed by atoms with van der Waals surface area (Å²) in [4.78, 5) is 11.5. The fourth-order valence-corrected chi connectivity index (χ4v) is 2.61. The van der Waals surface area contributed by atoms with Gasteiger partial charge >= 0.3 is 5.97 Å². The van der Waals surface area contributed by atoms with Gasteiger partial charge in [0.25, 0.3) is 0 Å². The van der Waals surface area contributed by atoms with Gasteiger partial charge in [-0.25, -0.2) is 4.79 Å². The molecule has 0 aliphatic heterocycles. The standard InChI is InChI=1S/C25H36O5/c1-9-28-24(26)15-18(2)11-10-12-19(3)21-13-14-23(22(16-21)25(5,6)7)30-17-29-20(4)27-8/h10-16,20H,9,17H2,1-8H3. The molecule has 30 heavy (non-hydrogen) atoms. The lowest BCUT2D eigenvalue weighted by atomic mass is 9.84. The molecule has 0 aromatic heterocycles. The van der Waals surface area contributed by atoms with Gasteiger partial charge in [-0.3, -0.25) is 0 Å². The van der Waals surface area contributed by atoms with Gasteiger partial charge in [0.1, 0.15) is 5.75 Å². The molecule has 0 aliphatic carbocycles. The monoisotopic (exact) mass is 416 g/mol. The van der Waals surface area contributed by atoms with Crippen molar-refractivity contribution in [1.29, 1.82) is 0 Å². The molecule has 0 radical (unpaired) electrons. The van der Waals surface area contributed by atoms with E-state index < -0.39 is 0 Å². The Balaban J connectivity index is 2.99. The predicted octanol–water partition coefficient (Wildman–Crippen LogP) is 5.80. The maximum absolute atomic E-state index is 11.5. The van der Waals surface area contributed by atoms with Crippen LogP contribution in [0, 0.1) is 0 Å². The Bertz CT molecular complexity index is 781. The van der Waals surface area contributed by atoms with Gasteiger partial charge in [0.05, 0.1) is 6.61 Å². The Morgan fingerprint density at radius 3 is 2.50 bits per heavy atom. The molecule has 5 heteroatoms. The Morgan fingerprint density at radius 1 is 1.20 bits per heavy atom. The van der Waals surface area contributed by atoms with Crippen LogP contribution in [0.2, 0.25) is 0 Å². The molecule has 1 unspecified atom stereocenters. The van der Waals surface area contributed by atoms with Crippen LogP contribution < -0.4 is 4.74 Å². The number of ether oxygens (including phenoxy) is 4. The number of carbonyl (C=O) groups is 1. The van der Waals surface area contributed by atoms with E-state index in [0.717, 1.165) is 28.0 Å². The van der Waals surface area contributed by atoms with Crippen LogP contribution >= 0.6 is 0 Å². The summed E-state index contributed by atoms with van der Waals surface area (Å²) in [6.45, 7) is 14.5. The SMILES string of the molecule is CCOC(=O)C=C(C)C=CC=C(C)c1ccc(OCOC(C)OC)c(C(C)(C)C)c1. The third kappa shape index (κ3) is 8.97. The van der Waals surface area contributed by atoms with E-state index in [2.05, 4.69) is 33.8 Å². The van der Waals surface area contributed by atoms with Crippen LogP contribution in [0.3, 0.4) is 0 Å². The third-order valence-corrected chi connectivity index (χ3v) is 4.43. The molecular formula is C25H36O5. The van der Waals surface area contributed by atoms with Crippen LogP contribution in [0.1, 0.15) is 59.6 Å². The molecule has 1 aromatic carbocycles. The lowest BCUT2D eigenvalue weighted by molar-refractivity contribution is -0.149. The highest BCUT2D eigenvalue weighted by Crippen LogP contribution is 2.34. The van der Waals surface area contributed by atoms with E-state index in [9.17, 15) is 4.79 Å². The summed E-state index contributed by atoms with van der Waals surface area (Å²) in [6, 6.07) is 6.16. The summed E-state index contributed by atoms with van der Waals surface area (Å²) in [6.07, 6.45) is 7.01. The summed E-state index contributed by atoms with van der Waals surface area (Å²) in [5, 5.41) is 0. The minimum absolute atomic E-state index is 0.0900. The summed E-state index contributed by atoms with van der Waals surface area (Å²) >= 11 is 0. The fourth-order valence-electron chi connectivity index (χ4n) is 2.61. The molecule has 0 saturated carbocycles. The van der Waals surface area contributed by atoms with E-state index in [4.69, 9.17) is 18.9 Å². The van der Waals surface area contributed by atoms with Crippen LogP contribution in [0.5, 0.6) is 5.75 Å². The van der Waals surface area contributed by atoms with Gasteiger partial charge in [0, 0.05) is 18.7 Å².